The lowest BCUT2D eigenvalue weighted by atomic mass is 10.2. The van der Waals surface area contributed by atoms with Crippen molar-refractivity contribution in [2.24, 2.45) is 0 Å². The topological polar surface area (TPSA) is 65.5 Å². The molecule has 0 spiro atoms. The van der Waals surface area contributed by atoms with Gasteiger partial charge in [0.1, 0.15) is 5.69 Å². The molecule has 0 atom stereocenters. The van der Waals surface area contributed by atoms with Gasteiger partial charge >= 0.3 is 11.9 Å². The summed E-state index contributed by atoms with van der Waals surface area (Å²) >= 11 is 0. The second-order valence-corrected chi connectivity index (χ2v) is 2.85. The molecule has 0 fully saturated rings. The van der Waals surface area contributed by atoms with Gasteiger partial charge in [0.15, 0.2) is 5.69 Å². The molecule has 15 heavy (non-hydrogen) atoms. The van der Waals surface area contributed by atoms with Crippen molar-refractivity contribution in [3.63, 3.8) is 0 Å². The molecule has 1 heterocycles. The molecular weight excluding hydrogens is 198 g/mol. The van der Waals surface area contributed by atoms with Crippen molar-refractivity contribution in [3.05, 3.63) is 29.1 Å². The molecule has 0 aromatic carbocycles. The quantitative estimate of drug-likeness (QED) is 0.679. The molecule has 0 unspecified atom stereocenters. The van der Waals surface area contributed by atoms with Crippen molar-refractivity contribution in [3.8, 4) is 0 Å². The molecule has 0 amide bonds. The number of esters is 2. The summed E-state index contributed by atoms with van der Waals surface area (Å²) in [6, 6.07) is 3.11. The molecular formula is C10H11NO4. The van der Waals surface area contributed by atoms with E-state index in [0.717, 1.165) is 0 Å². The predicted octanol–water partition coefficient (Wildman–Crippen LogP) is 0.963. The number of hydrogen-bond acceptors (Lipinski definition) is 5. The second kappa shape index (κ2) is 4.54. The van der Waals surface area contributed by atoms with Crippen molar-refractivity contribution in [2.45, 2.75) is 6.92 Å². The molecule has 0 bridgehead atoms. The Balaban J connectivity index is 3.16. The normalized spacial score (nSPS) is 9.53. The Kier molecular flexibility index (Phi) is 3.38. The average Bonchev–Trinajstić information content (AvgIpc) is 2.27. The van der Waals surface area contributed by atoms with E-state index in [4.69, 9.17) is 0 Å². The summed E-state index contributed by atoms with van der Waals surface area (Å²) in [6.45, 7) is 1.71. The van der Waals surface area contributed by atoms with Gasteiger partial charge in [-0.3, -0.25) is 0 Å². The maximum atomic E-state index is 11.3. The van der Waals surface area contributed by atoms with Gasteiger partial charge in [0.05, 0.1) is 14.2 Å². The zero-order valence-electron chi connectivity index (χ0n) is 8.73. The Bertz CT molecular complexity index is 400. The summed E-state index contributed by atoms with van der Waals surface area (Å²) in [6.07, 6.45) is 0. The standard InChI is InChI=1S/C10H11NO4/c1-6-4-5-7(9(12)14-2)11-8(6)10(13)15-3/h4-5H,1-3H3. The van der Waals surface area contributed by atoms with Crippen molar-refractivity contribution in [1.82, 2.24) is 4.98 Å². The van der Waals surface area contributed by atoms with E-state index in [9.17, 15) is 9.59 Å². The first kappa shape index (κ1) is 11.2. The highest BCUT2D eigenvalue weighted by Crippen LogP contribution is 2.08. The van der Waals surface area contributed by atoms with Crippen molar-refractivity contribution in [2.75, 3.05) is 14.2 Å². The minimum atomic E-state index is -0.583. The predicted molar refractivity (Wildman–Crippen MR) is 51.7 cm³/mol. The number of methoxy groups -OCH3 is 2. The van der Waals surface area contributed by atoms with E-state index < -0.39 is 11.9 Å². The molecule has 0 saturated carbocycles. The second-order valence-electron chi connectivity index (χ2n) is 2.85. The third-order valence-electron chi connectivity index (χ3n) is 1.87. The van der Waals surface area contributed by atoms with Gasteiger partial charge in [-0.15, -0.1) is 0 Å². The van der Waals surface area contributed by atoms with Gasteiger partial charge in [-0.25, -0.2) is 14.6 Å². The monoisotopic (exact) mass is 209 g/mol. The van der Waals surface area contributed by atoms with E-state index in [1.54, 1.807) is 13.0 Å². The highest BCUT2D eigenvalue weighted by atomic mass is 16.5. The number of aromatic nitrogens is 1. The van der Waals surface area contributed by atoms with E-state index in [-0.39, 0.29) is 11.4 Å². The Labute approximate surface area is 87.0 Å². The minimum absolute atomic E-state index is 0.0866. The highest BCUT2D eigenvalue weighted by Gasteiger charge is 2.15. The maximum Gasteiger partial charge on any atom is 0.356 e. The zero-order valence-corrected chi connectivity index (χ0v) is 8.73. The van der Waals surface area contributed by atoms with Crippen LogP contribution in [0, 0.1) is 6.92 Å². The van der Waals surface area contributed by atoms with E-state index in [1.807, 2.05) is 0 Å². The van der Waals surface area contributed by atoms with Crippen LogP contribution in [0.4, 0.5) is 0 Å². The average molecular weight is 209 g/mol. The third kappa shape index (κ3) is 2.31. The number of carbonyl (C=O) groups is 2. The van der Waals surface area contributed by atoms with Crippen LogP contribution in [0.5, 0.6) is 0 Å². The van der Waals surface area contributed by atoms with Gasteiger partial charge < -0.3 is 9.47 Å². The molecule has 0 saturated heterocycles. The summed E-state index contributed by atoms with van der Waals surface area (Å²) < 4.78 is 9.02. The van der Waals surface area contributed by atoms with Crippen LogP contribution in [0.3, 0.4) is 0 Å². The summed E-state index contributed by atoms with van der Waals surface area (Å²) in [5, 5.41) is 0. The molecule has 0 aliphatic carbocycles. The molecule has 80 valence electrons. The number of aryl methyl sites for hydroxylation is 1. The molecule has 1 aromatic heterocycles. The number of rotatable bonds is 2. The van der Waals surface area contributed by atoms with E-state index in [1.165, 1.54) is 20.3 Å². The summed E-state index contributed by atoms with van der Waals surface area (Å²) in [4.78, 5) is 26.3. The number of nitrogens with zero attached hydrogens (tertiary/aromatic N) is 1. The van der Waals surface area contributed by atoms with Crippen LogP contribution in [-0.2, 0) is 9.47 Å². The SMILES string of the molecule is COC(=O)c1ccc(C)c(C(=O)OC)n1. The Hall–Kier alpha value is -1.91. The minimum Gasteiger partial charge on any atom is -0.464 e. The van der Waals surface area contributed by atoms with Gasteiger partial charge in [-0.1, -0.05) is 6.07 Å². The fourth-order valence-electron chi connectivity index (χ4n) is 1.05. The molecule has 0 N–H and O–H groups in total. The number of ether oxygens (including phenoxy) is 2. The van der Waals surface area contributed by atoms with Gasteiger partial charge in [0.2, 0.25) is 0 Å². The van der Waals surface area contributed by atoms with Crippen molar-refractivity contribution < 1.29 is 19.1 Å². The van der Waals surface area contributed by atoms with Crippen LogP contribution >= 0.6 is 0 Å². The Morgan fingerprint density at radius 2 is 1.73 bits per heavy atom. The van der Waals surface area contributed by atoms with Crippen molar-refractivity contribution in [1.29, 1.82) is 0 Å². The van der Waals surface area contributed by atoms with E-state index >= 15 is 0 Å². The fourth-order valence-corrected chi connectivity index (χ4v) is 1.05. The van der Waals surface area contributed by atoms with Gasteiger partial charge in [0, 0.05) is 0 Å². The largest absolute Gasteiger partial charge is 0.464 e. The number of pyridine rings is 1. The third-order valence-corrected chi connectivity index (χ3v) is 1.87. The number of carbonyl (C=O) groups excluding carboxylic acids is 2. The first-order chi connectivity index (χ1) is 7.10. The van der Waals surface area contributed by atoms with Crippen LogP contribution in [0.1, 0.15) is 26.5 Å². The zero-order chi connectivity index (χ0) is 11.4. The van der Waals surface area contributed by atoms with Crippen molar-refractivity contribution >= 4 is 11.9 Å². The molecule has 0 aliphatic heterocycles. The maximum absolute atomic E-state index is 11.3. The molecule has 1 aromatic rings. The summed E-state index contributed by atoms with van der Waals surface area (Å²) in [5.74, 6) is -1.15. The Morgan fingerprint density at radius 1 is 1.13 bits per heavy atom. The smallest absolute Gasteiger partial charge is 0.356 e. The first-order valence-electron chi connectivity index (χ1n) is 4.24. The van der Waals surface area contributed by atoms with Crippen LogP contribution in [0.15, 0.2) is 12.1 Å². The molecule has 1 rings (SSSR count). The molecule has 5 heteroatoms. The molecule has 0 radical (unpaired) electrons. The van der Waals surface area contributed by atoms with Gasteiger partial charge in [0.25, 0.3) is 0 Å². The van der Waals surface area contributed by atoms with Gasteiger partial charge in [-0.2, -0.15) is 0 Å². The lowest BCUT2D eigenvalue weighted by molar-refractivity contribution is 0.0585. The summed E-state index contributed by atoms with van der Waals surface area (Å²) in [5.41, 5.74) is 0.860. The molecule has 0 aliphatic rings. The van der Waals surface area contributed by atoms with Crippen LogP contribution in [0.2, 0.25) is 0 Å². The first-order valence-corrected chi connectivity index (χ1v) is 4.24. The van der Waals surface area contributed by atoms with E-state index in [2.05, 4.69) is 14.5 Å². The lowest BCUT2D eigenvalue weighted by Crippen LogP contribution is -2.12. The van der Waals surface area contributed by atoms with E-state index in [0.29, 0.717) is 5.56 Å². The summed E-state index contributed by atoms with van der Waals surface area (Å²) in [7, 11) is 2.51. The fraction of sp³-hybridized carbons (Fsp3) is 0.300. The number of hydrogen-bond donors (Lipinski definition) is 0. The lowest BCUT2D eigenvalue weighted by Gasteiger charge is -2.04. The van der Waals surface area contributed by atoms with Crippen LogP contribution in [0.25, 0.3) is 0 Å². The molecule has 5 nitrogen and oxygen atoms in total. The van der Waals surface area contributed by atoms with Crippen LogP contribution in [-0.4, -0.2) is 31.1 Å². The highest BCUT2D eigenvalue weighted by molar-refractivity contribution is 5.92. The van der Waals surface area contributed by atoms with Crippen LogP contribution < -0.4 is 0 Å². The Morgan fingerprint density at radius 3 is 2.27 bits per heavy atom. The van der Waals surface area contributed by atoms with Gasteiger partial charge in [-0.05, 0) is 18.6 Å².